The van der Waals surface area contributed by atoms with E-state index in [1.807, 2.05) is 0 Å². The van der Waals surface area contributed by atoms with Crippen LogP contribution < -0.4 is 16.0 Å². The molecule has 0 heterocycles. The molecule has 4 aliphatic rings. The molecule has 4 bridgehead atoms. The fourth-order valence-corrected chi connectivity index (χ4v) is 4.92. The van der Waals surface area contributed by atoms with Crippen molar-refractivity contribution in [3.05, 3.63) is 0 Å². The lowest BCUT2D eigenvalue weighted by Crippen LogP contribution is -2.60. The molecular weight excluding hydrogens is 254 g/mol. The maximum Gasteiger partial charge on any atom is 0.239 e. The Morgan fingerprint density at radius 1 is 0.950 bits per heavy atom. The largest absolute Gasteiger partial charge is 0.358 e. The third-order valence-corrected chi connectivity index (χ3v) is 5.39. The van der Waals surface area contributed by atoms with Gasteiger partial charge in [-0.05, 0) is 56.3 Å². The molecule has 0 aromatic carbocycles. The number of carbonyl (C=O) groups is 2. The molecular formula is C15H25N3O2. The van der Waals surface area contributed by atoms with E-state index in [-0.39, 0.29) is 23.9 Å². The number of amides is 2. The minimum atomic E-state index is -0.159. The van der Waals surface area contributed by atoms with Gasteiger partial charge in [-0.1, -0.05) is 0 Å². The van der Waals surface area contributed by atoms with E-state index in [2.05, 4.69) is 16.0 Å². The Bertz CT molecular complexity index is 373. The van der Waals surface area contributed by atoms with Crippen LogP contribution >= 0.6 is 0 Å². The lowest BCUT2D eigenvalue weighted by molar-refractivity contribution is -0.126. The molecule has 20 heavy (non-hydrogen) atoms. The van der Waals surface area contributed by atoms with Gasteiger partial charge in [-0.25, -0.2) is 0 Å². The van der Waals surface area contributed by atoms with Crippen molar-refractivity contribution in [2.75, 3.05) is 20.1 Å². The molecule has 0 unspecified atom stereocenters. The van der Waals surface area contributed by atoms with Crippen molar-refractivity contribution >= 4 is 11.8 Å². The molecule has 0 aromatic heterocycles. The topological polar surface area (TPSA) is 70.2 Å². The van der Waals surface area contributed by atoms with Gasteiger partial charge in [0.2, 0.25) is 11.8 Å². The van der Waals surface area contributed by atoms with Crippen LogP contribution in [0.3, 0.4) is 0 Å². The summed E-state index contributed by atoms with van der Waals surface area (Å²) in [5.74, 6) is 2.39. The molecule has 4 aliphatic carbocycles. The minimum Gasteiger partial charge on any atom is -0.358 e. The van der Waals surface area contributed by atoms with Crippen molar-refractivity contribution < 1.29 is 9.59 Å². The van der Waals surface area contributed by atoms with Crippen LogP contribution in [0.1, 0.15) is 38.5 Å². The predicted octanol–water partition coefficient (Wildman–Crippen LogP) is 0.407. The molecule has 0 radical (unpaired) electrons. The monoisotopic (exact) mass is 279 g/mol. The van der Waals surface area contributed by atoms with Crippen molar-refractivity contribution in [3.63, 3.8) is 0 Å². The van der Waals surface area contributed by atoms with Gasteiger partial charge in [0.1, 0.15) is 0 Å². The normalized spacial score (nSPS) is 37.8. The molecule has 4 fully saturated rings. The molecule has 5 heteroatoms. The highest BCUT2D eigenvalue weighted by molar-refractivity contribution is 5.85. The molecule has 5 nitrogen and oxygen atoms in total. The van der Waals surface area contributed by atoms with Gasteiger partial charge in [0, 0.05) is 12.6 Å². The summed E-state index contributed by atoms with van der Waals surface area (Å²) >= 11 is 0. The lowest BCUT2D eigenvalue weighted by Gasteiger charge is -2.57. The number of hydrogen-bond donors (Lipinski definition) is 3. The quantitative estimate of drug-likeness (QED) is 0.682. The van der Waals surface area contributed by atoms with Gasteiger partial charge in [0.15, 0.2) is 0 Å². The summed E-state index contributed by atoms with van der Waals surface area (Å²) in [4.78, 5) is 22.9. The zero-order chi connectivity index (χ0) is 14.2. The molecule has 0 spiro atoms. The molecule has 0 aromatic rings. The Balaban J connectivity index is 1.48. The summed E-state index contributed by atoms with van der Waals surface area (Å²) < 4.78 is 0. The molecule has 0 atom stereocenters. The van der Waals surface area contributed by atoms with E-state index in [9.17, 15) is 9.59 Å². The van der Waals surface area contributed by atoms with E-state index in [0.29, 0.717) is 6.54 Å². The lowest BCUT2D eigenvalue weighted by atomic mass is 9.53. The van der Waals surface area contributed by atoms with Crippen LogP contribution in [-0.2, 0) is 9.59 Å². The van der Waals surface area contributed by atoms with Gasteiger partial charge < -0.3 is 16.0 Å². The van der Waals surface area contributed by atoms with Crippen molar-refractivity contribution in [1.29, 1.82) is 0 Å². The summed E-state index contributed by atoms with van der Waals surface area (Å²) in [6, 6.07) is 0. The number of carbonyl (C=O) groups excluding carboxylic acids is 2. The zero-order valence-electron chi connectivity index (χ0n) is 12.2. The molecule has 0 saturated heterocycles. The Hall–Kier alpha value is -1.10. The first-order valence-corrected chi connectivity index (χ1v) is 7.81. The number of nitrogens with one attached hydrogen (secondary N) is 3. The van der Waals surface area contributed by atoms with Gasteiger partial charge >= 0.3 is 0 Å². The SMILES string of the molecule is CNC(=O)CNC(=O)CNC12CC3CC(CC(C3)C1)C2. The molecule has 2 amide bonds. The van der Waals surface area contributed by atoms with Crippen LogP contribution in [0.15, 0.2) is 0 Å². The summed E-state index contributed by atoms with van der Waals surface area (Å²) in [7, 11) is 1.57. The molecule has 4 rings (SSSR count). The highest BCUT2D eigenvalue weighted by atomic mass is 16.2. The highest BCUT2D eigenvalue weighted by Gasteiger charge is 2.50. The van der Waals surface area contributed by atoms with E-state index in [1.165, 1.54) is 38.5 Å². The third-order valence-electron chi connectivity index (χ3n) is 5.39. The fourth-order valence-electron chi connectivity index (χ4n) is 4.92. The van der Waals surface area contributed by atoms with Crippen molar-refractivity contribution in [2.45, 2.75) is 44.1 Å². The van der Waals surface area contributed by atoms with E-state index in [1.54, 1.807) is 7.05 Å². The summed E-state index contributed by atoms with van der Waals surface area (Å²) in [5.41, 5.74) is 0.207. The minimum absolute atomic E-state index is 0.0673. The maximum atomic E-state index is 11.8. The average Bonchev–Trinajstić information content (AvgIpc) is 2.41. The average molecular weight is 279 g/mol. The maximum absolute atomic E-state index is 11.8. The zero-order valence-corrected chi connectivity index (χ0v) is 12.2. The first-order valence-electron chi connectivity index (χ1n) is 7.81. The third kappa shape index (κ3) is 2.82. The highest BCUT2D eigenvalue weighted by Crippen LogP contribution is 2.55. The molecule has 3 N–H and O–H groups in total. The van der Waals surface area contributed by atoms with Gasteiger partial charge in [0.05, 0.1) is 13.1 Å². The second kappa shape index (κ2) is 5.35. The van der Waals surface area contributed by atoms with Gasteiger partial charge in [-0.3, -0.25) is 9.59 Å². The smallest absolute Gasteiger partial charge is 0.239 e. The predicted molar refractivity (Wildman–Crippen MR) is 76.0 cm³/mol. The summed E-state index contributed by atoms with van der Waals surface area (Å²) in [6.07, 6.45) is 7.93. The first-order chi connectivity index (χ1) is 9.58. The first kappa shape index (κ1) is 13.9. The Labute approximate surface area is 120 Å². The van der Waals surface area contributed by atoms with Crippen LogP contribution in [0.2, 0.25) is 0 Å². The second-order valence-corrected chi connectivity index (χ2v) is 7.00. The molecule has 0 aliphatic heterocycles. The van der Waals surface area contributed by atoms with Crippen molar-refractivity contribution in [3.8, 4) is 0 Å². The number of likely N-dealkylation sites (N-methyl/N-ethyl adjacent to an activating group) is 1. The standard InChI is InChI=1S/C15H25N3O2/c1-16-13(19)8-17-14(20)9-18-15-5-10-2-11(6-15)4-12(3-10)7-15/h10-12,18H,2-9H2,1H3,(H,16,19)(H,17,20). The second-order valence-electron chi connectivity index (χ2n) is 7.00. The van der Waals surface area contributed by atoms with Gasteiger partial charge in [-0.2, -0.15) is 0 Å². The van der Waals surface area contributed by atoms with E-state index < -0.39 is 0 Å². The van der Waals surface area contributed by atoms with Crippen molar-refractivity contribution in [1.82, 2.24) is 16.0 Å². The fraction of sp³-hybridized carbons (Fsp3) is 0.867. The van der Waals surface area contributed by atoms with Gasteiger partial charge in [0.25, 0.3) is 0 Å². The number of hydrogen-bond acceptors (Lipinski definition) is 3. The molecule has 4 saturated carbocycles. The van der Waals surface area contributed by atoms with Crippen LogP contribution in [0.4, 0.5) is 0 Å². The van der Waals surface area contributed by atoms with Crippen LogP contribution in [-0.4, -0.2) is 37.5 Å². The Morgan fingerprint density at radius 3 is 2.00 bits per heavy atom. The summed E-state index contributed by atoms with van der Waals surface area (Å²) in [5, 5.41) is 8.67. The van der Waals surface area contributed by atoms with Crippen molar-refractivity contribution in [2.24, 2.45) is 17.8 Å². The van der Waals surface area contributed by atoms with E-state index in [4.69, 9.17) is 0 Å². The van der Waals surface area contributed by atoms with Crippen LogP contribution in [0, 0.1) is 17.8 Å². The summed E-state index contributed by atoms with van der Waals surface area (Å²) in [6.45, 7) is 0.404. The number of rotatable bonds is 5. The Morgan fingerprint density at radius 2 is 1.50 bits per heavy atom. The van der Waals surface area contributed by atoms with Crippen LogP contribution in [0.25, 0.3) is 0 Å². The Kier molecular flexibility index (Phi) is 3.71. The van der Waals surface area contributed by atoms with E-state index in [0.717, 1.165) is 17.8 Å². The van der Waals surface area contributed by atoms with E-state index >= 15 is 0 Å². The van der Waals surface area contributed by atoms with Gasteiger partial charge in [-0.15, -0.1) is 0 Å². The molecule has 112 valence electrons. The van der Waals surface area contributed by atoms with Crippen LogP contribution in [0.5, 0.6) is 0 Å².